The van der Waals surface area contributed by atoms with E-state index in [0.29, 0.717) is 0 Å². The van der Waals surface area contributed by atoms with E-state index in [4.69, 9.17) is 17.3 Å². The van der Waals surface area contributed by atoms with Gasteiger partial charge in [-0.2, -0.15) is 0 Å². The van der Waals surface area contributed by atoms with E-state index in [1.165, 1.54) is 6.07 Å². The Labute approximate surface area is 88.1 Å². The lowest BCUT2D eigenvalue weighted by molar-refractivity contribution is 0.549. The topological polar surface area (TPSA) is 26.0 Å². The third kappa shape index (κ3) is 1.33. The maximum atomic E-state index is 13.2. The van der Waals surface area contributed by atoms with Crippen molar-refractivity contribution < 1.29 is 4.39 Å². The quantitative estimate of drug-likeness (QED) is 0.803. The van der Waals surface area contributed by atoms with Gasteiger partial charge in [-0.3, -0.25) is 0 Å². The molecule has 1 aliphatic rings. The molecule has 1 fully saturated rings. The highest BCUT2D eigenvalue weighted by Gasteiger charge is 2.48. The van der Waals surface area contributed by atoms with E-state index in [-0.39, 0.29) is 22.3 Å². The van der Waals surface area contributed by atoms with Crippen LogP contribution in [-0.2, 0) is 5.41 Å². The molecule has 0 heterocycles. The van der Waals surface area contributed by atoms with Crippen molar-refractivity contribution >= 4 is 11.6 Å². The zero-order valence-electron chi connectivity index (χ0n) is 8.06. The minimum atomic E-state index is -0.351. The van der Waals surface area contributed by atoms with E-state index >= 15 is 0 Å². The first-order valence-corrected chi connectivity index (χ1v) is 5.16. The third-order valence-corrected chi connectivity index (χ3v) is 3.53. The highest BCUT2D eigenvalue weighted by atomic mass is 35.5. The minimum Gasteiger partial charge on any atom is -0.327 e. The molecule has 0 aliphatic heterocycles. The van der Waals surface area contributed by atoms with Gasteiger partial charge in [-0.05, 0) is 31.4 Å². The van der Waals surface area contributed by atoms with Crippen LogP contribution in [0.5, 0.6) is 0 Å². The van der Waals surface area contributed by atoms with Crippen LogP contribution in [0.4, 0.5) is 4.39 Å². The molecule has 1 aromatic carbocycles. The van der Waals surface area contributed by atoms with Crippen LogP contribution in [0.3, 0.4) is 0 Å². The van der Waals surface area contributed by atoms with E-state index in [1.54, 1.807) is 6.07 Å². The van der Waals surface area contributed by atoms with Crippen LogP contribution >= 0.6 is 11.6 Å². The van der Waals surface area contributed by atoms with Gasteiger partial charge >= 0.3 is 0 Å². The van der Waals surface area contributed by atoms with E-state index in [9.17, 15) is 4.39 Å². The van der Waals surface area contributed by atoms with Crippen LogP contribution in [0.2, 0.25) is 5.02 Å². The maximum Gasteiger partial charge on any atom is 0.142 e. The van der Waals surface area contributed by atoms with Crippen LogP contribution in [0.1, 0.15) is 25.3 Å². The summed E-state index contributed by atoms with van der Waals surface area (Å²) in [6.07, 6.45) is 2.02. The predicted octanol–water partition coefficient (Wildman–Crippen LogP) is 2.86. The van der Waals surface area contributed by atoms with E-state index in [0.717, 1.165) is 18.4 Å². The van der Waals surface area contributed by atoms with Crippen LogP contribution in [-0.4, -0.2) is 6.04 Å². The van der Waals surface area contributed by atoms with Crippen LogP contribution in [0.15, 0.2) is 18.2 Å². The Morgan fingerprint density at radius 1 is 1.50 bits per heavy atom. The van der Waals surface area contributed by atoms with Crippen molar-refractivity contribution in [3.8, 4) is 0 Å². The van der Waals surface area contributed by atoms with Gasteiger partial charge < -0.3 is 5.73 Å². The molecular weight excluding hydrogens is 201 g/mol. The molecule has 0 saturated heterocycles. The molecular formula is C11H13ClFN. The SMILES string of the molecule is CC(N)C1(c2cccc(F)c2Cl)CC1. The first-order chi connectivity index (χ1) is 6.58. The standard InChI is InChI=1S/C11H13ClFN/c1-7(14)11(5-6-11)8-3-2-4-9(13)10(8)12/h2-4,7H,5-6,14H2,1H3. The van der Waals surface area contributed by atoms with Gasteiger partial charge in [0.15, 0.2) is 0 Å². The number of hydrogen-bond acceptors (Lipinski definition) is 1. The Morgan fingerprint density at radius 2 is 2.14 bits per heavy atom. The Kier molecular flexibility index (Phi) is 2.28. The van der Waals surface area contributed by atoms with Crippen LogP contribution in [0, 0.1) is 5.82 Å². The summed E-state index contributed by atoms with van der Waals surface area (Å²) in [7, 11) is 0. The molecule has 0 bridgehead atoms. The van der Waals surface area contributed by atoms with Gasteiger partial charge in [-0.15, -0.1) is 0 Å². The number of rotatable bonds is 2. The third-order valence-electron chi connectivity index (χ3n) is 3.15. The second kappa shape index (κ2) is 3.21. The van der Waals surface area contributed by atoms with Crippen LogP contribution < -0.4 is 5.73 Å². The summed E-state index contributed by atoms with van der Waals surface area (Å²) in [5, 5.41) is 0.238. The lowest BCUT2D eigenvalue weighted by Crippen LogP contribution is -2.31. The van der Waals surface area contributed by atoms with Gasteiger partial charge in [-0.1, -0.05) is 23.7 Å². The van der Waals surface area contributed by atoms with Crippen molar-refractivity contribution in [1.29, 1.82) is 0 Å². The van der Waals surface area contributed by atoms with Gasteiger partial charge in [0.1, 0.15) is 5.82 Å². The molecule has 1 atom stereocenters. The Balaban J connectivity index is 2.47. The largest absolute Gasteiger partial charge is 0.327 e. The molecule has 0 radical (unpaired) electrons. The Bertz CT molecular complexity index is 358. The minimum absolute atomic E-state index is 0.0294. The van der Waals surface area contributed by atoms with Gasteiger partial charge in [0.25, 0.3) is 0 Å². The Morgan fingerprint density at radius 3 is 2.64 bits per heavy atom. The van der Waals surface area contributed by atoms with Gasteiger partial charge in [0, 0.05) is 11.5 Å². The molecule has 2 rings (SSSR count). The summed E-state index contributed by atoms with van der Waals surface area (Å²) in [6, 6.07) is 4.98. The zero-order chi connectivity index (χ0) is 10.3. The molecule has 2 N–H and O–H groups in total. The fraction of sp³-hybridized carbons (Fsp3) is 0.455. The van der Waals surface area contributed by atoms with Crippen molar-refractivity contribution in [2.45, 2.75) is 31.2 Å². The Hall–Kier alpha value is -0.600. The van der Waals surface area contributed by atoms with E-state index < -0.39 is 0 Å². The zero-order valence-corrected chi connectivity index (χ0v) is 8.81. The molecule has 1 unspecified atom stereocenters. The molecule has 1 aliphatic carbocycles. The molecule has 0 amide bonds. The average molecular weight is 214 g/mol. The molecule has 0 aromatic heterocycles. The molecule has 3 heteroatoms. The first kappa shape index (κ1) is 9.94. The maximum absolute atomic E-state index is 13.2. The van der Waals surface area contributed by atoms with Crippen molar-refractivity contribution in [2.24, 2.45) is 5.73 Å². The average Bonchev–Trinajstić information content (AvgIpc) is 2.90. The normalized spacial score (nSPS) is 20.6. The lowest BCUT2D eigenvalue weighted by Gasteiger charge is -2.21. The number of nitrogens with two attached hydrogens (primary N) is 1. The van der Waals surface area contributed by atoms with Crippen LogP contribution in [0.25, 0.3) is 0 Å². The summed E-state index contributed by atoms with van der Waals surface area (Å²) in [5.74, 6) is -0.351. The fourth-order valence-corrected chi connectivity index (χ4v) is 2.31. The number of benzene rings is 1. The molecule has 0 spiro atoms. The smallest absolute Gasteiger partial charge is 0.142 e. The summed E-state index contributed by atoms with van der Waals surface area (Å²) in [6.45, 7) is 1.95. The monoisotopic (exact) mass is 213 g/mol. The van der Waals surface area contributed by atoms with Crippen molar-refractivity contribution in [3.05, 3.63) is 34.6 Å². The van der Waals surface area contributed by atoms with Crippen molar-refractivity contribution in [3.63, 3.8) is 0 Å². The number of halogens is 2. The van der Waals surface area contributed by atoms with E-state index in [2.05, 4.69) is 0 Å². The summed E-state index contributed by atoms with van der Waals surface area (Å²) in [5.41, 5.74) is 6.70. The predicted molar refractivity (Wildman–Crippen MR) is 56.0 cm³/mol. The molecule has 1 nitrogen and oxygen atoms in total. The van der Waals surface area contributed by atoms with Crippen molar-refractivity contribution in [1.82, 2.24) is 0 Å². The second-order valence-corrected chi connectivity index (χ2v) is 4.42. The summed E-state index contributed by atoms with van der Waals surface area (Å²) < 4.78 is 13.2. The highest BCUT2D eigenvalue weighted by Crippen LogP contribution is 2.52. The van der Waals surface area contributed by atoms with E-state index in [1.807, 2.05) is 13.0 Å². The first-order valence-electron chi connectivity index (χ1n) is 4.78. The molecule has 1 saturated carbocycles. The lowest BCUT2D eigenvalue weighted by atomic mass is 9.89. The fourth-order valence-electron chi connectivity index (χ4n) is 1.99. The summed E-state index contributed by atoms with van der Waals surface area (Å²) in [4.78, 5) is 0. The summed E-state index contributed by atoms with van der Waals surface area (Å²) >= 11 is 5.93. The molecule has 1 aromatic rings. The van der Waals surface area contributed by atoms with Gasteiger partial charge in [0.2, 0.25) is 0 Å². The van der Waals surface area contributed by atoms with Crippen molar-refractivity contribution in [2.75, 3.05) is 0 Å². The molecule has 76 valence electrons. The molecule has 14 heavy (non-hydrogen) atoms. The highest BCUT2D eigenvalue weighted by molar-refractivity contribution is 6.31. The number of hydrogen-bond donors (Lipinski definition) is 1. The van der Waals surface area contributed by atoms with Gasteiger partial charge in [0.05, 0.1) is 5.02 Å². The van der Waals surface area contributed by atoms with Gasteiger partial charge in [-0.25, -0.2) is 4.39 Å². The second-order valence-electron chi connectivity index (χ2n) is 4.05.